The van der Waals surface area contributed by atoms with Crippen LogP contribution in [-0.2, 0) is 6.42 Å². The maximum Gasteiger partial charge on any atom is 0.265 e. The molecule has 2 heterocycles. The van der Waals surface area contributed by atoms with Crippen LogP contribution in [0.5, 0.6) is 0 Å². The molecule has 24 heavy (non-hydrogen) atoms. The molecule has 0 aliphatic rings. The van der Waals surface area contributed by atoms with Crippen molar-refractivity contribution in [3.8, 4) is 0 Å². The Labute approximate surface area is 148 Å². The van der Waals surface area contributed by atoms with E-state index in [4.69, 9.17) is 0 Å². The van der Waals surface area contributed by atoms with Crippen LogP contribution in [-0.4, -0.2) is 18.4 Å². The predicted octanol–water partition coefficient (Wildman–Crippen LogP) is 4.03. The minimum atomic E-state index is -0.141. The molecule has 4 nitrogen and oxygen atoms in total. The molecule has 6 heteroatoms. The van der Waals surface area contributed by atoms with E-state index in [2.05, 4.69) is 16.7 Å². The molecule has 0 bridgehead atoms. The van der Waals surface area contributed by atoms with Crippen LogP contribution in [0.25, 0.3) is 0 Å². The summed E-state index contributed by atoms with van der Waals surface area (Å²) in [5.41, 5.74) is 1.25. The van der Waals surface area contributed by atoms with Gasteiger partial charge in [-0.05, 0) is 53.6 Å². The first kappa shape index (κ1) is 16.4. The Balaban J connectivity index is 1.51. The van der Waals surface area contributed by atoms with Gasteiger partial charge in [0, 0.05) is 22.7 Å². The Bertz CT molecular complexity index is 794. The van der Waals surface area contributed by atoms with Crippen molar-refractivity contribution in [1.29, 1.82) is 0 Å². The molecule has 0 saturated heterocycles. The van der Waals surface area contributed by atoms with Gasteiger partial charge in [0.15, 0.2) is 0 Å². The van der Waals surface area contributed by atoms with Crippen LogP contribution in [0, 0.1) is 0 Å². The number of carbonyl (C=O) groups excluding carboxylic acids is 2. The number of hydrogen-bond acceptors (Lipinski definition) is 4. The van der Waals surface area contributed by atoms with Gasteiger partial charge in [0.25, 0.3) is 11.8 Å². The summed E-state index contributed by atoms with van der Waals surface area (Å²) in [4.78, 5) is 26.0. The smallest absolute Gasteiger partial charge is 0.265 e. The Morgan fingerprint density at radius 2 is 1.62 bits per heavy atom. The number of hydrogen-bond donors (Lipinski definition) is 2. The molecule has 0 saturated carbocycles. The van der Waals surface area contributed by atoms with E-state index < -0.39 is 0 Å². The minimum Gasteiger partial charge on any atom is -0.352 e. The molecule has 0 unspecified atom stereocenters. The summed E-state index contributed by atoms with van der Waals surface area (Å²) < 4.78 is 0. The van der Waals surface area contributed by atoms with E-state index in [0.717, 1.165) is 6.42 Å². The fraction of sp³-hybridized carbons (Fsp3) is 0.111. The van der Waals surface area contributed by atoms with Gasteiger partial charge in [0.2, 0.25) is 0 Å². The number of nitrogens with one attached hydrogen (secondary N) is 2. The van der Waals surface area contributed by atoms with Gasteiger partial charge in [-0.1, -0.05) is 12.1 Å². The van der Waals surface area contributed by atoms with Gasteiger partial charge >= 0.3 is 0 Å². The Morgan fingerprint density at radius 1 is 0.875 bits per heavy atom. The normalized spacial score (nSPS) is 10.3. The molecule has 0 aliphatic carbocycles. The Kier molecular flexibility index (Phi) is 5.40. The Morgan fingerprint density at radius 3 is 2.29 bits per heavy atom. The molecular formula is C18H16N2O2S2. The molecular weight excluding hydrogens is 340 g/mol. The zero-order valence-electron chi connectivity index (χ0n) is 12.8. The van der Waals surface area contributed by atoms with Crippen LogP contribution in [0.2, 0.25) is 0 Å². The third-order valence-electron chi connectivity index (χ3n) is 3.39. The number of anilines is 1. The average molecular weight is 356 g/mol. The fourth-order valence-electron chi connectivity index (χ4n) is 2.16. The molecule has 122 valence electrons. The summed E-state index contributed by atoms with van der Waals surface area (Å²) in [6, 6.07) is 14.6. The van der Waals surface area contributed by atoms with Crippen molar-refractivity contribution in [1.82, 2.24) is 5.32 Å². The van der Waals surface area contributed by atoms with E-state index in [1.807, 2.05) is 22.9 Å². The number of thiophene rings is 2. The zero-order valence-corrected chi connectivity index (χ0v) is 14.5. The van der Waals surface area contributed by atoms with Crippen molar-refractivity contribution in [2.45, 2.75) is 6.42 Å². The van der Waals surface area contributed by atoms with Crippen LogP contribution in [0.3, 0.4) is 0 Å². The summed E-state index contributed by atoms with van der Waals surface area (Å²) >= 11 is 3.08. The topological polar surface area (TPSA) is 58.2 Å². The average Bonchev–Trinajstić information content (AvgIpc) is 3.29. The maximum absolute atomic E-state index is 12.1. The highest BCUT2D eigenvalue weighted by atomic mass is 32.1. The molecule has 2 N–H and O–H groups in total. The quantitative estimate of drug-likeness (QED) is 0.700. The second-order valence-corrected chi connectivity index (χ2v) is 7.07. The second-order valence-electron chi connectivity index (χ2n) is 5.09. The highest BCUT2D eigenvalue weighted by Crippen LogP contribution is 2.14. The summed E-state index contributed by atoms with van der Waals surface area (Å²) in [5.74, 6) is -0.249. The van der Waals surface area contributed by atoms with Crippen molar-refractivity contribution in [2.24, 2.45) is 0 Å². The van der Waals surface area contributed by atoms with Crippen molar-refractivity contribution in [3.63, 3.8) is 0 Å². The van der Waals surface area contributed by atoms with Gasteiger partial charge in [0.05, 0.1) is 4.88 Å². The summed E-state index contributed by atoms with van der Waals surface area (Å²) in [6.07, 6.45) is 0.832. The third-order valence-corrected chi connectivity index (χ3v) is 5.19. The van der Waals surface area contributed by atoms with Crippen LogP contribution in [0.15, 0.2) is 59.3 Å². The molecule has 0 radical (unpaired) electrons. The van der Waals surface area contributed by atoms with E-state index in [-0.39, 0.29) is 11.8 Å². The van der Waals surface area contributed by atoms with Crippen LogP contribution >= 0.6 is 22.7 Å². The summed E-state index contributed by atoms with van der Waals surface area (Å²) in [7, 11) is 0. The highest BCUT2D eigenvalue weighted by molar-refractivity contribution is 7.12. The summed E-state index contributed by atoms with van der Waals surface area (Å²) in [6.45, 7) is 0.607. The molecule has 0 atom stereocenters. The van der Waals surface area contributed by atoms with Gasteiger partial charge in [0.1, 0.15) is 0 Å². The monoisotopic (exact) mass is 356 g/mol. The Hall–Kier alpha value is -2.44. The van der Waals surface area contributed by atoms with E-state index in [9.17, 15) is 9.59 Å². The first-order valence-electron chi connectivity index (χ1n) is 7.48. The van der Waals surface area contributed by atoms with Gasteiger partial charge in [-0.15, -0.1) is 22.7 Å². The van der Waals surface area contributed by atoms with Crippen LogP contribution in [0.4, 0.5) is 5.69 Å². The molecule has 3 rings (SSSR count). The van der Waals surface area contributed by atoms with E-state index >= 15 is 0 Å². The van der Waals surface area contributed by atoms with Crippen molar-refractivity contribution >= 4 is 40.2 Å². The van der Waals surface area contributed by atoms with Crippen LogP contribution < -0.4 is 10.6 Å². The zero-order chi connectivity index (χ0) is 16.8. The molecule has 3 aromatic rings. The lowest BCUT2D eigenvalue weighted by atomic mass is 10.2. The maximum atomic E-state index is 12.1. The number of benzene rings is 1. The lowest BCUT2D eigenvalue weighted by Gasteiger charge is -2.07. The van der Waals surface area contributed by atoms with E-state index in [0.29, 0.717) is 22.7 Å². The van der Waals surface area contributed by atoms with Gasteiger partial charge in [-0.2, -0.15) is 0 Å². The number of amides is 2. The van der Waals surface area contributed by atoms with Crippen LogP contribution in [0.1, 0.15) is 24.9 Å². The highest BCUT2D eigenvalue weighted by Gasteiger charge is 2.08. The van der Waals surface area contributed by atoms with E-state index in [1.54, 1.807) is 41.7 Å². The fourth-order valence-corrected chi connectivity index (χ4v) is 3.49. The van der Waals surface area contributed by atoms with Gasteiger partial charge < -0.3 is 10.6 Å². The number of rotatable bonds is 6. The molecule has 2 aromatic heterocycles. The molecule has 1 aromatic carbocycles. The summed E-state index contributed by atoms with van der Waals surface area (Å²) in [5, 5.41) is 9.60. The standard InChI is InChI=1S/C18H16N2O2S2/c21-17(19-10-9-15-3-1-11-23-15)13-5-7-14(8-6-13)20-18(22)16-4-2-12-24-16/h1-8,11-12H,9-10H2,(H,19,21)(H,20,22). The number of carbonyl (C=O) groups is 2. The van der Waals surface area contributed by atoms with Gasteiger partial charge in [-0.25, -0.2) is 0 Å². The van der Waals surface area contributed by atoms with Gasteiger partial charge in [-0.3, -0.25) is 9.59 Å². The third kappa shape index (κ3) is 4.31. The van der Waals surface area contributed by atoms with E-state index in [1.165, 1.54) is 16.2 Å². The lowest BCUT2D eigenvalue weighted by molar-refractivity contribution is 0.0953. The SMILES string of the molecule is O=C(NCCc1cccs1)c1ccc(NC(=O)c2cccs2)cc1. The first-order valence-corrected chi connectivity index (χ1v) is 9.24. The second kappa shape index (κ2) is 7.90. The van der Waals surface area contributed by atoms with Crippen molar-refractivity contribution < 1.29 is 9.59 Å². The predicted molar refractivity (Wildman–Crippen MR) is 99.1 cm³/mol. The minimum absolute atomic E-state index is 0.109. The largest absolute Gasteiger partial charge is 0.352 e. The molecule has 2 amide bonds. The lowest BCUT2D eigenvalue weighted by Crippen LogP contribution is -2.25. The molecule has 0 aliphatic heterocycles. The van der Waals surface area contributed by atoms with Crippen molar-refractivity contribution in [2.75, 3.05) is 11.9 Å². The first-order chi connectivity index (χ1) is 11.7. The van der Waals surface area contributed by atoms with Crippen molar-refractivity contribution in [3.05, 3.63) is 74.6 Å². The molecule has 0 spiro atoms. The molecule has 0 fully saturated rings.